The zero-order chi connectivity index (χ0) is 16.9. The van der Waals surface area contributed by atoms with Gasteiger partial charge in [0, 0.05) is 42.8 Å². The number of likely N-dealkylation sites (tertiary alicyclic amines) is 1. The van der Waals surface area contributed by atoms with Crippen molar-refractivity contribution in [3.63, 3.8) is 0 Å². The van der Waals surface area contributed by atoms with Gasteiger partial charge in [-0.05, 0) is 60.5 Å². The molecule has 3 aromatic rings. The molecule has 0 radical (unpaired) electrons. The first-order valence-electron chi connectivity index (χ1n) is 8.66. The molecule has 1 aliphatic rings. The lowest BCUT2D eigenvalue weighted by Crippen LogP contribution is -2.26. The Hall–Kier alpha value is -2.31. The van der Waals surface area contributed by atoms with E-state index in [-0.39, 0.29) is 0 Å². The average Bonchev–Trinajstić information content (AvgIpc) is 3.36. The van der Waals surface area contributed by atoms with Crippen molar-refractivity contribution >= 4 is 17.3 Å². The van der Waals surface area contributed by atoms with Crippen LogP contribution in [-0.2, 0) is 0 Å². The molecule has 128 valence electrons. The fourth-order valence-corrected chi connectivity index (χ4v) is 3.81. The highest BCUT2D eigenvalue weighted by Gasteiger charge is 2.13. The highest BCUT2D eigenvalue weighted by atomic mass is 32.1. The third kappa shape index (κ3) is 3.86. The summed E-state index contributed by atoms with van der Waals surface area (Å²) in [6.45, 7) is 4.32. The molecule has 0 atom stereocenters. The Labute approximate surface area is 151 Å². The second kappa shape index (κ2) is 7.72. The number of anilines is 1. The molecule has 0 saturated carbocycles. The number of nitrogens with zero attached hydrogens (tertiary/aromatic N) is 4. The third-order valence-electron chi connectivity index (χ3n) is 4.47. The minimum absolute atomic E-state index is 0.678. The van der Waals surface area contributed by atoms with Crippen LogP contribution in [0.15, 0.2) is 47.5 Å². The molecule has 1 saturated heterocycles. The van der Waals surface area contributed by atoms with E-state index < -0.39 is 0 Å². The molecule has 0 bridgehead atoms. The molecule has 0 amide bonds. The Morgan fingerprint density at radius 2 is 2.04 bits per heavy atom. The Balaban J connectivity index is 1.57. The zero-order valence-corrected chi connectivity index (χ0v) is 14.9. The molecule has 0 aliphatic carbocycles. The van der Waals surface area contributed by atoms with Gasteiger partial charge in [-0.2, -0.15) is 11.3 Å². The summed E-state index contributed by atoms with van der Waals surface area (Å²) >= 11 is 1.68. The van der Waals surface area contributed by atoms with Crippen molar-refractivity contribution in [3.8, 4) is 22.4 Å². The predicted molar refractivity (Wildman–Crippen MR) is 103 cm³/mol. The van der Waals surface area contributed by atoms with Gasteiger partial charge in [0.2, 0.25) is 5.95 Å². The van der Waals surface area contributed by atoms with Gasteiger partial charge in [-0.25, -0.2) is 9.97 Å². The van der Waals surface area contributed by atoms with E-state index >= 15 is 0 Å². The van der Waals surface area contributed by atoms with E-state index in [0.717, 1.165) is 35.5 Å². The molecule has 0 unspecified atom stereocenters. The van der Waals surface area contributed by atoms with Crippen LogP contribution in [0.4, 0.5) is 5.95 Å². The van der Waals surface area contributed by atoms with E-state index in [2.05, 4.69) is 37.0 Å². The van der Waals surface area contributed by atoms with E-state index in [0.29, 0.717) is 5.95 Å². The summed E-state index contributed by atoms with van der Waals surface area (Å²) in [7, 11) is 0. The lowest BCUT2D eigenvalue weighted by atomic mass is 10.0. The summed E-state index contributed by atoms with van der Waals surface area (Å²) in [4.78, 5) is 16.0. The molecule has 6 heteroatoms. The van der Waals surface area contributed by atoms with Gasteiger partial charge < -0.3 is 10.2 Å². The third-order valence-corrected chi connectivity index (χ3v) is 5.15. The molecule has 4 heterocycles. The van der Waals surface area contributed by atoms with Crippen LogP contribution in [0.1, 0.15) is 12.8 Å². The topological polar surface area (TPSA) is 53.9 Å². The lowest BCUT2D eigenvalue weighted by Gasteiger charge is -2.15. The van der Waals surface area contributed by atoms with Crippen LogP contribution in [0.25, 0.3) is 22.4 Å². The van der Waals surface area contributed by atoms with E-state index in [1.807, 2.05) is 24.5 Å². The van der Waals surface area contributed by atoms with Crippen molar-refractivity contribution in [2.45, 2.75) is 12.8 Å². The van der Waals surface area contributed by atoms with Gasteiger partial charge in [-0.15, -0.1) is 0 Å². The summed E-state index contributed by atoms with van der Waals surface area (Å²) in [5.74, 6) is 0.678. The number of thiophene rings is 1. The second-order valence-electron chi connectivity index (χ2n) is 6.19. The zero-order valence-electron chi connectivity index (χ0n) is 14.1. The summed E-state index contributed by atoms with van der Waals surface area (Å²) in [6, 6.07) is 6.08. The molecule has 1 N–H and O–H groups in total. The number of rotatable bonds is 6. The van der Waals surface area contributed by atoms with E-state index in [9.17, 15) is 0 Å². The molecular formula is C19H21N5S. The van der Waals surface area contributed by atoms with Gasteiger partial charge in [0.05, 0.1) is 5.69 Å². The smallest absolute Gasteiger partial charge is 0.223 e. The van der Waals surface area contributed by atoms with Crippen LogP contribution in [0, 0.1) is 0 Å². The van der Waals surface area contributed by atoms with Crippen molar-refractivity contribution in [1.82, 2.24) is 19.9 Å². The molecule has 4 rings (SSSR count). The highest BCUT2D eigenvalue weighted by Crippen LogP contribution is 2.31. The summed E-state index contributed by atoms with van der Waals surface area (Å²) in [5.41, 5.74) is 4.12. The maximum Gasteiger partial charge on any atom is 0.223 e. The van der Waals surface area contributed by atoms with Crippen molar-refractivity contribution in [2.75, 3.05) is 31.5 Å². The monoisotopic (exact) mass is 351 g/mol. The standard InChI is InChI=1S/C19H21N5S/c1-2-9-24(8-1)10-7-21-19-22-13-17(16-5-11-25-14-16)18(23-19)15-4-3-6-20-12-15/h3-6,11-14H,1-2,7-10H2,(H,21,22,23). The average molecular weight is 351 g/mol. The van der Waals surface area contributed by atoms with E-state index in [1.165, 1.54) is 25.9 Å². The number of nitrogens with one attached hydrogen (secondary N) is 1. The molecule has 5 nitrogen and oxygen atoms in total. The highest BCUT2D eigenvalue weighted by molar-refractivity contribution is 7.08. The normalized spacial score (nSPS) is 14.7. The van der Waals surface area contributed by atoms with Gasteiger partial charge >= 0.3 is 0 Å². The molecule has 1 aliphatic heterocycles. The van der Waals surface area contributed by atoms with Crippen LogP contribution in [0.2, 0.25) is 0 Å². The van der Waals surface area contributed by atoms with E-state index in [4.69, 9.17) is 4.98 Å². The Kier molecular flexibility index (Phi) is 4.99. The first-order chi connectivity index (χ1) is 12.4. The second-order valence-corrected chi connectivity index (χ2v) is 6.97. The van der Waals surface area contributed by atoms with Crippen molar-refractivity contribution in [1.29, 1.82) is 0 Å². The molecule has 25 heavy (non-hydrogen) atoms. The van der Waals surface area contributed by atoms with Crippen molar-refractivity contribution < 1.29 is 0 Å². The number of hydrogen-bond acceptors (Lipinski definition) is 6. The molecule has 0 spiro atoms. The van der Waals surface area contributed by atoms with Gasteiger partial charge in [-0.1, -0.05) is 0 Å². The van der Waals surface area contributed by atoms with Gasteiger partial charge in [0.15, 0.2) is 0 Å². The van der Waals surface area contributed by atoms with E-state index in [1.54, 1.807) is 17.5 Å². The Morgan fingerprint density at radius 3 is 2.80 bits per heavy atom. The fraction of sp³-hybridized carbons (Fsp3) is 0.316. The number of pyridine rings is 1. The Bertz CT molecular complexity index is 798. The van der Waals surface area contributed by atoms with Crippen molar-refractivity contribution in [3.05, 3.63) is 47.5 Å². The molecule has 1 fully saturated rings. The Morgan fingerprint density at radius 1 is 1.12 bits per heavy atom. The van der Waals surface area contributed by atoms with Gasteiger partial charge in [0.25, 0.3) is 0 Å². The van der Waals surface area contributed by atoms with Crippen LogP contribution >= 0.6 is 11.3 Å². The van der Waals surface area contributed by atoms with Crippen LogP contribution in [-0.4, -0.2) is 46.0 Å². The predicted octanol–water partition coefficient (Wildman–Crippen LogP) is 3.77. The molecular weight excluding hydrogens is 330 g/mol. The fourth-order valence-electron chi connectivity index (χ4n) is 3.15. The minimum atomic E-state index is 0.678. The summed E-state index contributed by atoms with van der Waals surface area (Å²) in [6.07, 6.45) is 8.18. The number of aromatic nitrogens is 3. The molecule has 3 aromatic heterocycles. The van der Waals surface area contributed by atoms with Gasteiger partial charge in [0.1, 0.15) is 0 Å². The lowest BCUT2D eigenvalue weighted by molar-refractivity contribution is 0.352. The van der Waals surface area contributed by atoms with Crippen LogP contribution in [0.3, 0.4) is 0 Å². The summed E-state index contributed by atoms with van der Waals surface area (Å²) in [5, 5.41) is 7.57. The van der Waals surface area contributed by atoms with Crippen LogP contribution in [0.5, 0.6) is 0 Å². The SMILES string of the molecule is c1cncc(-c2nc(NCCN3CCCC3)ncc2-c2ccsc2)c1. The maximum absolute atomic E-state index is 4.79. The van der Waals surface area contributed by atoms with Gasteiger partial charge in [-0.3, -0.25) is 4.98 Å². The first kappa shape index (κ1) is 16.2. The van der Waals surface area contributed by atoms with Crippen molar-refractivity contribution in [2.24, 2.45) is 0 Å². The number of hydrogen-bond donors (Lipinski definition) is 1. The quantitative estimate of drug-likeness (QED) is 0.732. The first-order valence-corrected chi connectivity index (χ1v) is 9.61. The van der Waals surface area contributed by atoms with Crippen LogP contribution < -0.4 is 5.32 Å². The minimum Gasteiger partial charge on any atom is -0.353 e. The molecule has 0 aromatic carbocycles. The largest absolute Gasteiger partial charge is 0.353 e. The summed E-state index contributed by atoms with van der Waals surface area (Å²) < 4.78 is 0. The maximum atomic E-state index is 4.79.